The van der Waals surface area contributed by atoms with Gasteiger partial charge in [-0.15, -0.1) is 0 Å². The number of fused-ring (bicyclic) bond motifs is 2. The minimum Gasteiger partial charge on any atom is -0.465 e. The number of unbranched alkanes of at least 4 members (excludes halogenated alkanes) is 2. The van der Waals surface area contributed by atoms with E-state index in [2.05, 4.69) is 18.7 Å². The molecule has 9 heteroatoms. The third-order valence-electron chi connectivity index (χ3n) is 8.70. The lowest BCUT2D eigenvalue weighted by Crippen LogP contribution is -2.55. The lowest BCUT2D eigenvalue weighted by Gasteiger charge is -2.35. The van der Waals surface area contributed by atoms with E-state index in [-0.39, 0.29) is 18.4 Å². The van der Waals surface area contributed by atoms with Crippen LogP contribution in [0.25, 0.3) is 0 Å². The monoisotopic (exact) mass is 551 g/mol. The zero-order valence-electron chi connectivity index (χ0n) is 23.5. The molecule has 0 aromatic heterocycles. The maximum absolute atomic E-state index is 14.4. The number of hydrogen-bond donors (Lipinski definition) is 1. The maximum atomic E-state index is 14.4. The molecule has 4 aliphatic rings. The van der Waals surface area contributed by atoms with Crippen LogP contribution in [0.15, 0.2) is 48.6 Å². The molecule has 216 valence electrons. The van der Waals surface area contributed by atoms with Crippen LogP contribution in [0.3, 0.4) is 0 Å². The molecule has 0 saturated carbocycles. The molecule has 4 aliphatic heterocycles. The molecule has 9 nitrogen and oxygen atoms in total. The number of carbonyl (C=O) groups is 3. The Balaban J connectivity index is 1.52. The van der Waals surface area contributed by atoms with Crippen LogP contribution in [0, 0.1) is 11.8 Å². The lowest BCUT2D eigenvalue weighted by molar-refractivity contribution is -0.154. The number of esters is 1. The molecule has 2 fully saturated rings. The summed E-state index contributed by atoms with van der Waals surface area (Å²) in [7, 11) is 0. The highest BCUT2D eigenvalue weighted by molar-refractivity contribution is 6.05. The molecule has 1 aromatic carbocycles. The number of ether oxygens (including phenoxy) is 2. The summed E-state index contributed by atoms with van der Waals surface area (Å²) in [6, 6.07) is 7.03. The number of anilines is 2. The van der Waals surface area contributed by atoms with Crippen LogP contribution >= 0.6 is 0 Å². The van der Waals surface area contributed by atoms with E-state index in [1.54, 1.807) is 9.80 Å². The number of amides is 2. The second-order valence-corrected chi connectivity index (χ2v) is 10.9. The van der Waals surface area contributed by atoms with Crippen molar-refractivity contribution in [3.63, 3.8) is 0 Å². The molecule has 0 aliphatic carbocycles. The molecule has 0 bridgehead atoms. The highest BCUT2D eigenvalue weighted by Crippen LogP contribution is 2.53. The summed E-state index contributed by atoms with van der Waals surface area (Å²) in [4.78, 5) is 47.5. The molecule has 0 radical (unpaired) electrons. The second-order valence-electron chi connectivity index (χ2n) is 10.9. The summed E-state index contributed by atoms with van der Waals surface area (Å²) in [5.41, 5.74) is 0.568. The molecule has 40 heavy (non-hydrogen) atoms. The first kappa shape index (κ1) is 28.4. The van der Waals surface area contributed by atoms with E-state index >= 15 is 0 Å². The van der Waals surface area contributed by atoms with Gasteiger partial charge in [-0.25, -0.2) is 0 Å². The fourth-order valence-electron chi connectivity index (χ4n) is 6.73. The summed E-state index contributed by atoms with van der Waals surface area (Å²) in [6.45, 7) is 7.04. The van der Waals surface area contributed by atoms with Crippen LogP contribution in [-0.2, 0) is 23.9 Å². The minimum absolute atomic E-state index is 0.0773. The van der Waals surface area contributed by atoms with Gasteiger partial charge in [0.25, 0.3) is 5.91 Å². The third-order valence-corrected chi connectivity index (χ3v) is 8.70. The number of aliphatic hydroxyl groups is 1. The first-order valence-corrected chi connectivity index (χ1v) is 14.7. The summed E-state index contributed by atoms with van der Waals surface area (Å²) in [5.74, 6) is -2.57. The highest BCUT2D eigenvalue weighted by atomic mass is 16.6. The number of hydrogen-bond acceptors (Lipinski definition) is 7. The Labute approximate surface area is 236 Å². The van der Waals surface area contributed by atoms with Gasteiger partial charge in [-0.1, -0.05) is 24.3 Å². The first-order chi connectivity index (χ1) is 19.5. The second kappa shape index (κ2) is 12.1. The van der Waals surface area contributed by atoms with Gasteiger partial charge in [0.1, 0.15) is 17.6 Å². The fourth-order valence-corrected chi connectivity index (χ4v) is 6.73. The number of benzene rings is 1. The predicted molar refractivity (Wildman–Crippen MR) is 152 cm³/mol. The van der Waals surface area contributed by atoms with Gasteiger partial charge < -0.3 is 29.3 Å². The zero-order valence-corrected chi connectivity index (χ0v) is 23.5. The number of cyclic esters (lactones) is 1. The zero-order chi connectivity index (χ0) is 28.3. The average Bonchev–Trinajstić information content (AvgIpc) is 3.37. The Morgan fingerprint density at radius 1 is 1.02 bits per heavy atom. The van der Waals surface area contributed by atoms with Crippen molar-refractivity contribution in [2.75, 3.05) is 49.2 Å². The predicted octanol–water partition coefficient (Wildman–Crippen LogP) is 3.07. The molecule has 2 amide bonds. The van der Waals surface area contributed by atoms with Crippen molar-refractivity contribution in [1.82, 2.24) is 4.90 Å². The van der Waals surface area contributed by atoms with E-state index < -0.39 is 35.6 Å². The molecule has 2 unspecified atom stereocenters. The lowest BCUT2D eigenvalue weighted by atomic mass is 9.78. The van der Waals surface area contributed by atoms with Gasteiger partial charge in [0.05, 0.1) is 18.6 Å². The molecule has 1 spiro atoms. The van der Waals surface area contributed by atoms with Crippen LogP contribution in [0.2, 0.25) is 0 Å². The van der Waals surface area contributed by atoms with Crippen LogP contribution < -0.4 is 9.80 Å². The highest BCUT2D eigenvalue weighted by Gasteiger charge is 2.71. The molecular formula is C31H41N3O6. The molecule has 1 aromatic rings. The van der Waals surface area contributed by atoms with Gasteiger partial charge in [0, 0.05) is 44.2 Å². The quantitative estimate of drug-likeness (QED) is 0.286. The standard InChI is InChI=1S/C31H41N3O6/c1-3-32(4-2)22-13-15-23(16-14-22)33-19-11-17-31-26(25-24(40-31)12-7-5-10-21-39-30(25)38)28(36)34(27(31)29(33)37)18-8-6-9-20-35/h7,11-17,24-27,35H,3-6,8-10,18-21H2,1-2H3/b12-7-/t24-,25?,26+,27-,31?/m1/s1. The van der Waals surface area contributed by atoms with E-state index in [1.165, 1.54) is 0 Å². The summed E-state index contributed by atoms with van der Waals surface area (Å²) in [5, 5.41) is 9.25. The Bertz CT molecular complexity index is 1150. The van der Waals surface area contributed by atoms with Crippen molar-refractivity contribution in [1.29, 1.82) is 0 Å². The van der Waals surface area contributed by atoms with Crippen molar-refractivity contribution in [3.8, 4) is 0 Å². The molecule has 5 rings (SSSR count). The van der Waals surface area contributed by atoms with Gasteiger partial charge >= 0.3 is 5.97 Å². The fraction of sp³-hybridized carbons (Fsp3) is 0.581. The van der Waals surface area contributed by atoms with E-state index in [4.69, 9.17) is 9.47 Å². The van der Waals surface area contributed by atoms with Crippen molar-refractivity contribution in [2.45, 2.75) is 63.7 Å². The van der Waals surface area contributed by atoms with Gasteiger partial charge in [0.2, 0.25) is 5.91 Å². The SMILES string of the molecule is CCN(CC)c1ccc(N2CC=CC34O[C@@H]5/C=C\CCCOC(=O)C5[C@H]3C(=O)N(CCCCCO)[C@@H]4C2=O)cc1. The Kier molecular flexibility index (Phi) is 8.61. The van der Waals surface area contributed by atoms with Crippen LogP contribution in [0.1, 0.15) is 46.0 Å². The van der Waals surface area contributed by atoms with Crippen LogP contribution in [0.5, 0.6) is 0 Å². The summed E-state index contributed by atoms with van der Waals surface area (Å²) >= 11 is 0. The summed E-state index contributed by atoms with van der Waals surface area (Å²) in [6.07, 6.45) is 10.4. The number of rotatable bonds is 9. The molecular weight excluding hydrogens is 510 g/mol. The summed E-state index contributed by atoms with van der Waals surface area (Å²) < 4.78 is 12.2. The number of allylic oxidation sites excluding steroid dienone is 1. The molecule has 4 heterocycles. The number of nitrogens with zero attached hydrogens (tertiary/aromatic N) is 3. The Hall–Kier alpha value is -3.17. The minimum atomic E-state index is -1.26. The van der Waals surface area contributed by atoms with Crippen LogP contribution in [0.4, 0.5) is 11.4 Å². The Morgan fingerprint density at radius 3 is 2.52 bits per heavy atom. The average molecular weight is 552 g/mol. The van der Waals surface area contributed by atoms with Gasteiger partial charge in [-0.3, -0.25) is 14.4 Å². The number of aliphatic hydroxyl groups excluding tert-OH is 1. The number of likely N-dealkylation sites (tertiary alicyclic amines) is 1. The van der Waals surface area contributed by atoms with Crippen molar-refractivity contribution in [2.24, 2.45) is 11.8 Å². The van der Waals surface area contributed by atoms with Crippen molar-refractivity contribution < 1.29 is 29.0 Å². The third kappa shape index (κ3) is 4.94. The molecule has 5 atom stereocenters. The maximum Gasteiger partial charge on any atom is 0.312 e. The molecule has 1 N–H and O–H groups in total. The van der Waals surface area contributed by atoms with Gasteiger partial charge in [-0.2, -0.15) is 0 Å². The van der Waals surface area contributed by atoms with Crippen molar-refractivity contribution in [3.05, 3.63) is 48.6 Å². The molecule has 2 saturated heterocycles. The number of carbonyl (C=O) groups excluding carboxylic acids is 3. The van der Waals surface area contributed by atoms with E-state index in [1.807, 2.05) is 48.6 Å². The first-order valence-electron chi connectivity index (χ1n) is 14.7. The smallest absolute Gasteiger partial charge is 0.312 e. The van der Waals surface area contributed by atoms with Gasteiger partial charge in [0.15, 0.2) is 0 Å². The van der Waals surface area contributed by atoms with Crippen LogP contribution in [-0.4, -0.2) is 84.9 Å². The topological polar surface area (TPSA) is 99.6 Å². The Morgan fingerprint density at radius 2 is 1.80 bits per heavy atom. The van der Waals surface area contributed by atoms with Gasteiger partial charge in [-0.05, 0) is 70.2 Å². The van der Waals surface area contributed by atoms with E-state index in [9.17, 15) is 19.5 Å². The largest absolute Gasteiger partial charge is 0.465 e. The normalized spacial score (nSPS) is 30.5. The van der Waals surface area contributed by atoms with E-state index in [0.29, 0.717) is 39.0 Å². The van der Waals surface area contributed by atoms with E-state index in [0.717, 1.165) is 37.3 Å². The van der Waals surface area contributed by atoms with Crippen molar-refractivity contribution >= 4 is 29.2 Å².